The van der Waals surface area contributed by atoms with Gasteiger partial charge in [0.1, 0.15) is 5.69 Å². The van der Waals surface area contributed by atoms with Gasteiger partial charge in [-0.3, -0.25) is 9.59 Å². The zero-order valence-electron chi connectivity index (χ0n) is 22.4. The highest BCUT2D eigenvalue weighted by Gasteiger charge is 2.33. The van der Waals surface area contributed by atoms with Crippen LogP contribution in [-0.2, 0) is 22.9 Å². The van der Waals surface area contributed by atoms with E-state index < -0.39 is 10.0 Å². The second-order valence-corrected chi connectivity index (χ2v) is 13.8. The molecule has 0 radical (unpaired) electrons. The lowest BCUT2D eigenvalue weighted by Gasteiger charge is -2.15. The molecule has 216 valence electrons. The molecule has 0 unspecified atom stereocenters. The van der Waals surface area contributed by atoms with Gasteiger partial charge in [0.05, 0.1) is 36.2 Å². The number of fused-ring (bicyclic) bond motifs is 6. The Morgan fingerprint density at radius 3 is 2.00 bits per heavy atom. The maximum Gasteiger partial charge on any atom is 0.268 e. The van der Waals surface area contributed by atoms with Crippen molar-refractivity contribution in [3.05, 3.63) is 96.7 Å². The molecule has 5 aromatic rings. The van der Waals surface area contributed by atoms with E-state index in [4.69, 9.17) is 46.4 Å². The number of aromatic nitrogens is 2. The van der Waals surface area contributed by atoms with Crippen molar-refractivity contribution in [3.63, 3.8) is 0 Å². The molecule has 0 fully saturated rings. The number of nitrogens with one attached hydrogen (secondary N) is 1. The van der Waals surface area contributed by atoms with Crippen molar-refractivity contribution in [1.29, 1.82) is 0 Å². The highest BCUT2D eigenvalue weighted by atomic mass is 35.5. The van der Waals surface area contributed by atoms with Gasteiger partial charge in [0, 0.05) is 29.1 Å². The third kappa shape index (κ3) is 4.76. The summed E-state index contributed by atoms with van der Waals surface area (Å²) in [4.78, 5) is 27.7. The standard InChI is InChI=1S/C19H15Cl2NO3S.C12H9Cl2NO/c1-11-5-7-12(8-6-11)26(24,25)22-15-10-9-14(20)18(21)17(15)13-3-2-4-16(23)19(13)22;13-7-4-5-8-10(11(7)14)6-2-1-3-9(16)12(6)15-8/h5-10H,2-4H2,1H3;4-5,15H,1-3H2. The molecule has 0 amide bonds. The predicted octanol–water partition coefficient (Wildman–Crippen LogP) is 9.01. The molecule has 0 aliphatic heterocycles. The fourth-order valence-corrected chi connectivity index (χ4v) is 8.24. The summed E-state index contributed by atoms with van der Waals surface area (Å²) in [5.74, 6) is -0.0186. The molecule has 3 aromatic carbocycles. The van der Waals surface area contributed by atoms with Gasteiger partial charge in [-0.05, 0) is 80.1 Å². The van der Waals surface area contributed by atoms with Crippen LogP contribution in [0.4, 0.5) is 0 Å². The monoisotopic (exact) mass is 660 g/mol. The number of aromatic amines is 1. The number of rotatable bonds is 2. The van der Waals surface area contributed by atoms with Crippen molar-refractivity contribution in [2.24, 2.45) is 0 Å². The molecule has 2 aromatic heterocycles. The summed E-state index contributed by atoms with van der Waals surface area (Å²) in [6, 6.07) is 13.4. The van der Waals surface area contributed by atoms with Crippen LogP contribution in [0, 0.1) is 6.92 Å². The van der Waals surface area contributed by atoms with Crippen LogP contribution < -0.4 is 0 Å². The van der Waals surface area contributed by atoms with Crippen LogP contribution in [0.25, 0.3) is 21.8 Å². The quantitative estimate of drug-likeness (QED) is 0.204. The fourth-order valence-electron chi connectivity index (χ4n) is 5.82. The first-order valence-corrected chi connectivity index (χ1v) is 16.3. The molecule has 0 bridgehead atoms. The highest BCUT2D eigenvalue weighted by Crippen LogP contribution is 2.41. The molecular formula is C31H24Cl4N2O4S. The molecule has 0 atom stereocenters. The Hall–Kier alpha value is -2.81. The number of ketones is 2. The van der Waals surface area contributed by atoms with Crippen LogP contribution in [-0.4, -0.2) is 28.9 Å². The zero-order valence-corrected chi connectivity index (χ0v) is 26.2. The molecule has 6 nitrogen and oxygen atoms in total. The SMILES string of the molecule is Cc1ccc(S(=O)(=O)n2c3c(c4c(Cl)c(Cl)ccc42)CCCC3=O)cc1.O=C1CCCc2c1[nH]c1ccc(Cl)c(Cl)c21. The number of carbonyl (C=O) groups is 2. The van der Waals surface area contributed by atoms with Crippen molar-refractivity contribution >= 4 is 89.8 Å². The third-order valence-electron chi connectivity index (χ3n) is 7.80. The average Bonchev–Trinajstić information content (AvgIpc) is 3.52. The van der Waals surface area contributed by atoms with E-state index in [0.29, 0.717) is 62.9 Å². The van der Waals surface area contributed by atoms with E-state index in [1.807, 2.05) is 13.0 Å². The Morgan fingerprint density at radius 2 is 1.31 bits per heavy atom. The lowest BCUT2D eigenvalue weighted by atomic mass is 9.95. The van der Waals surface area contributed by atoms with Crippen LogP contribution in [0.3, 0.4) is 0 Å². The highest BCUT2D eigenvalue weighted by molar-refractivity contribution is 7.90. The minimum Gasteiger partial charge on any atom is -0.352 e. The van der Waals surface area contributed by atoms with Gasteiger partial charge in [0.15, 0.2) is 11.6 Å². The van der Waals surface area contributed by atoms with Gasteiger partial charge in [-0.2, -0.15) is 0 Å². The molecular weight excluding hydrogens is 638 g/mol. The summed E-state index contributed by atoms with van der Waals surface area (Å²) < 4.78 is 27.9. The van der Waals surface area contributed by atoms with Gasteiger partial charge in [-0.15, -0.1) is 0 Å². The van der Waals surface area contributed by atoms with Crippen LogP contribution in [0.1, 0.15) is 63.4 Å². The lowest BCUT2D eigenvalue weighted by molar-refractivity contribution is 0.0960. The minimum atomic E-state index is -3.95. The third-order valence-corrected chi connectivity index (χ3v) is 11.1. The molecule has 0 saturated heterocycles. The summed E-state index contributed by atoms with van der Waals surface area (Å²) in [5, 5.41) is 3.17. The van der Waals surface area contributed by atoms with E-state index in [1.54, 1.807) is 42.5 Å². The largest absolute Gasteiger partial charge is 0.352 e. The number of halogens is 4. The molecule has 7 rings (SSSR count). The summed E-state index contributed by atoms with van der Waals surface area (Å²) in [6.07, 6.45) is 3.97. The van der Waals surface area contributed by atoms with E-state index in [2.05, 4.69) is 4.98 Å². The Kier molecular flexibility index (Phi) is 7.69. The Balaban J connectivity index is 0.000000168. The summed E-state index contributed by atoms with van der Waals surface area (Å²) in [5.41, 5.74) is 4.85. The number of hydrogen-bond donors (Lipinski definition) is 1. The maximum atomic E-state index is 13.4. The first-order chi connectivity index (χ1) is 20.0. The topological polar surface area (TPSA) is 89.0 Å². The molecule has 0 saturated carbocycles. The lowest BCUT2D eigenvalue weighted by Crippen LogP contribution is -2.21. The molecule has 2 heterocycles. The predicted molar refractivity (Wildman–Crippen MR) is 169 cm³/mol. The number of H-pyrrole nitrogens is 1. The molecule has 1 N–H and O–H groups in total. The summed E-state index contributed by atoms with van der Waals surface area (Å²) in [6.45, 7) is 1.88. The second kappa shape index (κ2) is 11.0. The van der Waals surface area contributed by atoms with Gasteiger partial charge in [-0.25, -0.2) is 12.4 Å². The van der Waals surface area contributed by atoms with Crippen molar-refractivity contribution in [2.45, 2.75) is 50.3 Å². The van der Waals surface area contributed by atoms with Gasteiger partial charge in [0.2, 0.25) is 0 Å². The molecule has 2 aliphatic rings. The number of carbonyl (C=O) groups excluding carboxylic acids is 2. The van der Waals surface area contributed by atoms with Crippen LogP contribution in [0.2, 0.25) is 20.1 Å². The molecule has 0 spiro atoms. The van der Waals surface area contributed by atoms with Crippen molar-refractivity contribution in [1.82, 2.24) is 8.96 Å². The summed E-state index contributed by atoms with van der Waals surface area (Å²) >= 11 is 24.7. The molecule has 42 heavy (non-hydrogen) atoms. The van der Waals surface area contributed by atoms with E-state index in [-0.39, 0.29) is 27.2 Å². The van der Waals surface area contributed by atoms with Gasteiger partial charge < -0.3 is 4.98 Å². The van der Waals surface area contributed by atoms with Crippen LogP contribution in [0.5, 0.6) is 0 Å². The van der Waals surface area contributed by atoms with Gasteiger partial charge in [0.25, 0.3) is 10.0 Å². The fraction of sp³-hybridized carbons (Fsp3) is 0.226. The molecule has 11 heteroatoms. The number of hydrogen-bond acceptors (Lipinski definition) is 4. The molecule has 2 aliphatic carbocycles. The Morgan fingerprint density at radius 1 is 0.714 bits per heavy atom. The van der Waals surface area contributed by atoms with Crippen molar-refractivity contribution in [2.75, 3.05) is 0 Å². The normalized spacial score (nSPS) is 15.0. The number of Topliss-reactive ketones (excluding diaryl/α,β-unsaturated/α-hetero) is 2. The van der Waals surface area contributed by atoms with Crippen molar-refractivity contribution < 1.29 is 18.0 Å². The van der Waals surface area contributed by atoms with Crippen molar-refractivity contribution in [3.8, 4) is 0 Å². The number of benzene rings is 3. The first-order valence-electron chi connectivity index (χ1n) is 13.4. The Labute approximate surface area is 262 Å². The second-order valence-electron chi connectivity index (χ2n) is 10.5. The van der Waals surface area contributed by atoms with E-state index >= 15 is 0 Å². The zero-order chi connectivity index (χ0) is 29.9. The minimum absolute atomic E-state index is 0.132. The van der Waals surface area contributed by atoms with E-state index in [0.717, 1.165) is 38.8 Å². The maximum absolute atomic E-state index is 13.4. The van der Waals surface area contributed by atoms with Crippen LogP contribution >= 0.6 is 46.4 Å². The van der Waals surface area contributed by atoms with E-state index in [1.165, 1.54) is 0 Å². The average molecular weight is 662 g/mol. The number of aryl methyl sites for hydroxylation is 3. The summed E-state index contributed by atoms with van der Waals surface area (Å²) in [7, 11) is -3.95. The van der Waals surface area contributed by atoms with Crippen LogP contribution in [0.15, 0.2) is 53.4 Å². The first kappa shape index (κ1) is 29.3. The van der Waals surface area contributed by atoms with E-state index in [9.17, 15) is 18.0 Å². The smallest absolute Gasteiger partial charge is 0.268 e. The Bertz CT molecular complexity index is 2040. The van der Waals surface area contributed by atoms with Gasteiger partial charge >= 0.3 is 0 Å². The van der Waals surface area contributed by atoms with Gasteiger partial charge in [-0.1, -0.05) is 64.1 Å². The number of nitrogens with zero attached hydrogens (tertiary/aromatic N) is 1.